The Morgan fingerprint density at radius 1 is 1.52 bits per heavy atom. The molecule has 1 aliphatic rings. The lowest BCUT2D eigenvalue weighted by Gasteiger charge is -2.06. The van der Waals surface area contributed by atoms with Gasteiger partial charge in [0.15, 0.2) is 0 Å². The second-order valence-electron chi connectivity index (χ2n) is 4.66. The molecule has 1 aromatic heterocycles. The number of halogens is 2. The summed E-state index contributed by atoms with van der Waals surface area (Å²) in [7, 11) is 0. The average molecular weight is 355 g/mol. The van der Waals surface area contributed by atoms with Crippen LogP contribution >= 0.6 is 15.9 Å². The number of carbonyl (C=O) groups is 1. The van der Waals surface area contributed by atoms with Crippen molar-refractivity contribution < 1.29 is 13.7 Å². The van der Waals surface area contributed by atoms with Crippen molar-refractivity contribution in [3.63, 3.8) is 0 Å². The van der Waals surface area contributed by atoms with E-state index in [4.69, 9.17) is 4.52 Å². The number of carbonyl (C=O) groups excluding carboxylic acids is 1. The van der Waals surface area contributed by atoms with Crippen LogP contribution in [0.5, 0.6) is 0 Å². The number of benzene rings is 1. The molecule has 1 fully saturated rings. The van der Waals surface area contributed by atoms with E-state index in [0.29, 0.717) is 10.4 Å². The zero-order chi connectivity index (χ0) is 14.8. The zero-order valence-corrected chi connectivity index (χ0v) is 12.5. The van der Waals surface area contributed by atoms with Gasteiger partial charge in [0.25, 0.3) is 11.7 Å². The first-order valence-electron chi connectivity index (χ1n) is 6.47. The molecule has 0 spiro atoms. The molecule has 2 heterocycles. The lowest BCUT2D eigenvalue weighted by atomic mass is 10.2. The third-order valence-corrected chi connectivity index (χ3v) is 3.87. The number of hydrogen-bond acceptors (Lipinski definition) is 5. The highest BCUT2D eigenvalue weighted by molar-refractivity contribution is 9.10. The molecule has 1 aromatic carbocycles. The minimum atomic E-state index is -0.617. The predicted molar refractivity (Wildman–Crippen MR) is 76.3 cm³/mol. The van der Waals surface area contributed by atoms with Gasteiger partial charge in [0, 0.05) is 4.47 Å². The maximum absolute atomic E-state index is 13.7. The normalized spacial score (nSPS) is 17.9. The van der Waals surface area contributed by atoms with Crippen molar-refractivity contribution in [2.75, 3.05) is 11.9 Å². The maximum atomic E-state index is 13.7. The van der Waals surface area contributed by atoms with Crippen LogP contribution in [0.4, 0.5) is 10.1 Å². The third kappa shape index (κ3) is 2.96. The van der Waals surface area contributed by atoms with Gasteiger partial charge in [0.1, 0.15) is 5.82 Å². The van der Waals surface area contributed by atoms with Crippen molar-refractivity contribution in [2.45, 2.75) is 18.9 Å². The van der Waals surface area contributed by atoms with Gasteiger partial charge >= 0.3 is 0 Å². The van der Waals surface area contributed by atoms with E-state index < -0.39 is 11.7 Å². The van der Waals surface area contributed by atoms with E-state index in [0.717, 1.165) is 19.4 Å². The van der Waals surface area contributed by atoms with Crippen LogP contribution in [0.15, 0.2) is 27.2 Å². The Morgan fingerprint density at radius 2 is 2.38 bits per heavy atom. The largest absolute Gasteiger partial charge is 0.337 e. The van der Waals surface area contributed by atoms with E-state index in [1.165, 1.54) is 12.1 Å². The molecule has 1 aliphatic heterocycles. The summed E-state index contributed by atoms with van der Waals surface area (Å²) in [5, 5.41) is 9.27. The molecule has 0 radical (unpaired) electrons. The van der Waals surface area contributed by atoms with Gasteiger partial charge in [-0.1, -0.05) is 11.2 Å². The standard InChI is InChI=1S/C13H12BrFN4O2/c14-7-3-1-4-8(15)10(7)17-12(20)11-18-13(21-19-11)9-5-2-6-16-9/h1,3-4,9,16H,2,5-6H2,(H,17,20). The number of rotatable bonds is 3. The summed E-state index contributed by atoms with van der Waals surface area (Å²) < 4.78 is 19.2. The monoisotopic (exact) mass is 354 g/mol. The fraction of sp³-hybridized carbons (Fsp3) is 0.308. The number of amides is 1. The van der Waals surface area contributed by atoms with Crippen LogP contribution in [0.2, 0.25) is 0 Å². The lowest BCUT2D eigenvalue weighted by molar-refractivity contribution is 0.101. The molecule has 1 saturated heterocycles. The summed E-state index contributed by atoms with van der Waals surface area (Å²) in [4.78, 5) is 16.1. The second kappa shape index (κ2) is 5.90. The molecule has 2 aromatic rings. The Kier molecular flexibility index (Phi) is 3.98. The summed E-state index contributed by atoms with van der Waals surface area (Å²) in [5.74, 6) is -0.896. The summed E-state index contributed by atoms with van der Waals surface area (Å²) in [6.45, 7) is 0.886. The van der Waals surface area contributed by atoms with Gasteiger partial charge in [-0.25, -0.2) is 4.39 Å². The van der Waals surface area contributed by atoms with Crippen molar-refractivity contribution in [1.29, 1.82) is 0 Å². The molecule has 1 amide bonds. The van der Waals surface area contributed by atoms with E-state index in [9.17, 15) is 9.18 Å². The number of anilines is 1. The van der Waals surface area contributed by atoms with Crippen molar-refractivity contribution in [3.05, 3.63) is 40.2 Å². The Hall–Kier alpha value is -1.80. The molecule has 1 unspecified atom stereocenters. The molecule has 8 heteroatoms. The maximum Gasteiger partial charge on any atom is 0.297 e. The SMILES string of the molecule is O=C(Nc1c(F)cccc1Br)c1noc(C2CCCN2)n1. The highest BCUT2D eigenvalue weighted by Gasteiger charge is 2.24. The van der Waals surface area contributed by atoms with Crippen molar-refractivity contribution in [1.82, 2.24) is 15.5 Å². The van der Waals surface area contributed by atoms with Crippen molar-refractivity contribution >= 4 is 27.5 Å². The topological polar surface area (TPSA) is 80.0 Å². The van der Waals surface area contributed by atoms with E-state index in [2.05, 4.69) is 36.7 Å². The first kappa shape index (κ1) is 14.2. The molecule has 3 rings (SSSR count). The van der Waals surface area contributed by atoms with Crippen LogP contribution in [-0.2, 0) is 0 Å². The Morgan fingerprint density at radius 3 is 3.10 bits per heavy atom. The predicted octanol–water partition coefficient (Wildman–Crippen LogP) is 2.65. The van der Waals surface area contributed by atoms with Gasteiger partial charge in [-0.05, 0) is 47.4 Å². The van der Waals surface area contributed by atoms with Crippen LogP contribution in [0, 0.1) is 5.82 Å². The number of nitrogens with one attached hydrogen (secondary N) is 2. The first-order valence-corrected chi connectivity index (χ1v) is 7.27. The van der Waals surface area contributed by atoms with Crippen LogP contribution < -0.4 is 10.6 Å². The highest BCUT2D eigenvalue weighted by atomic mass is 79.9. The molecule has 6 nitrogen and oxygen atoms in total. The Balaban J connectivity index is 1.76. The van der Waals surface area contributed by atoms with Gasteiger partial charge < -0.3 is 15.2 Å². The van der Waals surface area contributed by atoms with E-state index in [-0.39, 0.29) is 17.6 Å². The van der Waals surface area contributed by atoms with Crippen LogP contribution in [0.3, 0.4) is 0 Å². The van der Waals surface area contributed by atoms with Crippen LogP contribution in [0.1, 0.15) is 35.4 Å². The van der Waals surface area contributed by atoms with E-state index in [1.54, 1.807) is 6.07 Å². The molecular weight excluding hydrogens is 343 g/mol. The minimum Gasteiger partial charge on any atom is -0.337 e. The van der Waals surface area contributed by atoms with Crippen molar-refractivity contribution in [3.8, 4) is 0 Å². The summed E-state index contributed by atoms with van der Waals surface area (Å²) >= 11 is 3.18. The molecule has 21 heavy (non-hydrogen) atoms. The second-order valence-corrected chi connectivity index (χ2v) is 5.51. The molecular formula is C13H12BrFN4O2. The van der Waals surface area contributed by atoms with Crippen LogP contribution in [0.25, 0.3) is 0 Å². The summed E-state index contributed by atoms with van der Waals surface area (Å²) in [6, 6.07) is 4.40. The van der Waals surface area contributed by atoms with Gasteiger partial charge in [-0.3, -0.25) is 4.79 Å². The number of hydrogen-bond donors (Lipinski definition) is 2. The molecule has 2 N–H and O–H groups in total. The van der Waals surface area contributed by atoms with E-state index in [1.807, 2.05) is 0 Å². The smallest absolute Gasteiger partial charge is 0.297 e. The van der Waals surface area contributed by atoms with Gasteiger partial charge in [-0.2, -0.15) is 4.98 Å². The average Bonchev–Trinajstić information content (AvgIpc) is 3.12. The summed E-state index contributed by atoms with van der Waals surface area (Å²) in [6.07, 6.45) is 1.92. The summed E-state index contributed by atoms with van der Waals surface area (Å²) in [5.41, 5.74) is 0.0489. The number of nitrogens with zero attached hydrogens (tertiary/aromatic N) is 2. The van der Waals surface area contributed by atoms with Crippen molar-refractivity contribution in [2.24, 2.45) is 0 Å². The van der Waals surface area contributed by atoms with E-state index >= 15 is 0 Å². The molecule has 0 saturated carbocycles. The fourth-order valence-electron chi connectivity index (χ4n) is 2.15. The molecule has 0 bridgehead atoms. The van der Waals surface area contributed by atoms with Crippen LogP contribution in [-0.4, -0.2) is 22.6 Å². The van der Waals surface area contributed by atoms with Gasteiger partial charge in [0.2, 0.25) is 5.89 Å². The van der Waals surface area contributed by atoms with Gasteiger partial charge in [-0.15, -0.1) is 0 Å². The zero-order valence-electron chi connectivity index (χ0n) is 10.9. The number of para-hydroxylation sites is 1. The Bertz CT molecular complexity index is 650. The van der Waals surface area contributed by atoms with Gasteiger partial charge in [0.05, 0.1) is 11.7 Å². The molecule has 0 aliphatic carbocycles. The highest BCUT2D eigenvalue weighted by Crippen LogP contribution is 2.26. The fourth-order valence-corrected chi connectivity index (χ4v) is 2.59. The Labute approximate surface area is 128 Å². The molecule has 1 atom stereocenters. The number of aromatic nitrogens is 2. The minimum absolute atomic E-state index is 0.0146. The lowest BCUT2D eigenvalue weighted by Crippen LogP contribution is -2.16. The molecule has 110 valence electrons. The first-order chi connectivity index (χ1) is 10.1. The third-order valence-electron chi connectivity index (χ3n) is 3.20. The quantitative estimate of drug-likeness (QED) is 0.885.